The molecule has 0 spiro atoms. The summed E-state index contributed by atoms with van der Waals surface area (Å²) in [5, 5.41) is 3.87. The maximum atomic E-state index is 12.1. The average molecular weight is 288 g/mol. The molecule has 0 aliphatic heterocycles. The van der Waals surface area contributed by atoms with Crippen LogP contribution in [0, 0.1) is 0 Å². The zero-order valence-corrected chi connectivity index (χ0v) is 11.0. The third-order valence-electron chi connectivity index (χ3n) is 2.78. The van der Waals surface area contributed by atoms with E-state index in [4.69, 9.17) is 17.4 Å². The monoisotopic (exact) mass is 287 g/mol. The minimum atomic E-state index is -0.327. The van der Waals surface area contributed by atoms with E-state index in [9.17, 15) is 4.79 Å². The molecule has 1 aromatic carbocycles. The molecule has 0 aliphatic carbocycles. The van der Waals surface area contributed by atoms with Crippen LogP contribution in [-0.2, 0) is 0 Å². The van der Waals surface area contributed by atoms with Gasteiger partial charge in [0.1, 0.15) is 5.82 Å². The Morgan fingerprint density at radius 1 is 1.20 bits per heavy atom. The maximum absolute atomic E-state index is 12.1. The number of nitrogens with two attached hydrogens (primary N) is 1. The number of hydrogen-bond donors (Lipinski definition) is 2. The fourth-order valence-electron chi connectivity index (χ4n) is 1.80. The highest BCUT2D eigenvalue weighted by Crippen LogP contribution is 2.15. The van der Waals surface area contributed by atoms with Crippen molar-refractivity contribution in [3.8, 4) is 0 Å². The maximum Gasteiger partial charge on any atom is 0.281 e. The van der Waals surface area contributed by atoms with Crippen molar-refractivity contribution in [2.45, 2.75) is 0 Å². The second-order valence-electron chi connectivity index (χ2n) is 4.11. The summed E-state index contributed by atoms with van der Waals surface area (Å²) in [4.78, 5) is 20.5. The summed E-state index contributed by atoms with van der Waals surface area (Å²) < 4.78 is 0.957. The van der Waals surface area contributed by atoms with E-state index >= 15 is 0 Å². The first-order chi connectivity index (χ1) is 9.65. The third kappa shape index (κ3) is 2.17. The van der Waals surface area contributed by atoms with Crippen molar-refractivity contribution in [2.24, 2.45) is 0 Å². The van der Waals surface area contributed by atoms with Gasteiger partial charge in [-0.25, -0.2) is 9.97 Å². The number of aromatic nitrogens is 3. The van der Waals surface area contributed by atoms with Gasteiger partial charge in [-0.1, -0.05) is 23.7 Å². The number of pyridine rings is 1. The number of para-hydroxylation sites is 1. The van der Waals surface area contributed by atoms with Crippen LogP contribution < -0.4 is 16.7 Å². The normalized spacial score (nSPS) is 10.7. The molecule has 0 saturated heterocycles. The van der Waals surface area contributed by atoms with E-state index in [1.807, 2.05) is 0 Å². The number of halogens is 1. The summed E-state index contributed by atoms with van der Waals surface area (Å²) in [6.07, 6.45) is 1.49. The molecule has 0 bridgehead atoms. The first kappa shape index (κ1) is 12.4. The molecule has 100 valence electrons. The highest BCUT2D eigenvalue weighted by atomic mass is 35.5. The lowest BCUT2D eigenvalue weighted by atomic mass is 10.2. The van der Waals surface area contributed by atoms with Gasteiger partial charge < -0.3 is 11.2 Å². The average Bonchev–Trinajstić information content (AvgIpc) is 2.47. The number of nitrogens with zero attached hydrogens (tertiary/aromatic N) is 3. The van der Waals surface area contributed by atoms with Gasteiger partial charge in [-0.2, -0.15) is 4.68 Å². The molecule has 20 heavy (non-hydrogen) atoms. The van der Waals surface area contributed by atoms with E-state index in [0.717, 1.165) is 4.68 Å². The van der Waals surface area contributed by atoms with Crippen LogP contribution in [0.2, 0.25) is 5.02 Å². The summed E-state index contributed by atoms with van der Waals surface area (Å²) in [7, 11) is 0. The molecule has 0 atom stereocenters. The summed E-state index contributed by atoms with van der Waals surface area (Å²) in [6, 6.07) is 10.3. The lowest BCUT2D eigenvalue weighted by Crippen LogP contribution is -2.30. The molecule has 2 aromatic heterocycles. The van der Waals surface area contributed by atoms with Gasteiger partial charge >= 0.3 is 0 Å². The number of hydrogen-bond acceptors (Lipinski definition) is 5. The molecular formula is C13H10ClN5O. The van der Waals surface area contributed by atoms with Gasteiger partial charge in [0.25, 0.3) is 5.56 Å². The fourth-order valence-corrected chi connectivity index (χ4v) is 1.91. The minimum absolute atomic E-state index is 0.212. The van der Waals surface area contributed by atoms with E-state index in [2.05, 4.69) is 15.3 Å². The molecule has 6 nitrogen and oxygen atoms in total. The number of rotatable bonds is 2. The van der Waals surface area contributed by atoms with Crippen LogP contribution in [0.5, 0.6) is 0 Å². The molecule has 0 unspecified atom stereocenters. The lowest BCUT2D eigenvalue weighted by Gasteiger charge is -2.10. The first-order valence-electron chi connectivity index (χ1n) is 5.80. The van der Waals surface area contributed by atoms with Gasteiger partial charge in [-0.05, 0) is 24.3 Å². The molecule has 7 heteroatoms. The van der Waals surface area contributed by atoms with Crippen molar-refractivity contribution < 1.29 is 0 Å². The Labute approximate surface area is 118 Å². The molecule has 0 amide bonds. The van der Waals surface area contributed by atoms with Crippen molar-refractivity contribution in [3.63, 3.8) is 0 Å². The van der Waals surface area contributed by atoms with Gasteiger partial charge in [-0.15, -0.1) is 0 Å². The van der Waals surface area contributed by atoms with Crippen molar-refractivity contribution in [2.75, 3.05) is 11.2 Å². The molecule has 0 radical (unpaired) electrons. The molecule has 2 heterocycles. The van der Waals surface area contributed by atoms with Gasteiger partial charge in [0, 0.05) is 6.20 Å². The van der Waals surface area contributed by atoms with Crippen LogP contribution in [-0.4, -0.2) is 14.6 Å². The van der Waals surface area contributed by atoms with E-state index in [1.165, 1.54) is 6.20 Å². The van der Waals surface area contributed by atoms with Crippen molar-refractivity contribution in [1.29, 1.82) is 0 Å². The Bertz CT molecular complexity index is 828. The standard InChI is InChI=1S/C13H10ClN5O/c14-8-5-6-11(16-7-8)18-13-17-10-4-2-1-3-9(10)12(20)19(13)15/h1-7H,15H2,(H,16,17,18). The molecule has 3 rings (SSSR count). The van der Waals surface area contributed by atoms with E-state index < -0.39 is 0 Å². The largest absolute Gasteiger partial charge is 0.333 e. The summed E-state index contributed by atoms with van der Waals surface area (Å²) in [5.41, 5.74) is 0.239. The van der Waals surface area contributed by atoms with E-state index in [1.54, 1.807) is 36.4 Å². The third-order valence-corrected chi connectivity index (χ3v) is 3.00. The SMILES string of the molecule is Nn1c(Nc2ccc(Cl)cn2)nc2ccccc2c1=O. The Kier molecular flexibility index (Phi) is 3.00. The number of fused-ring (bicyclic) bond motifs is 1. The number of nitrogens with one attached hydrogen (secondary N) is 1. The summed E-state index contributed by atoms with van der Waals surface area (Å²) in [6.45, 7) is 0. The van der Waals surface area contributed by atoms with Crippen LogP contribution in [0.4, 0.5) is 11.8 Å². The Morgan fingerprint density at radius 3 is 2.75 bits per heavy atom. The molecule has 3 N–H and O–H groups in total. The molecule has 0 fully saturated rings. The highest BCUT2D eigenvalue weighted by molar-refractivity contribution is 6.30. The topological polar surface area (TPSA) is 85.8 Å². The van der Waals surface area contributed by atoms with Crippen molar-refractivity contribution in [1.82, 2.24) is 14.6 Å². The van der Waals surface area contributed by atoms with Gasteiger partial charge in [-0.3, -0.25) is 4.79 Å². The Balaban J connectivity index is 2.10. The number of benzene rings is 1. The lowest BCUT2D eigenvalue weighted by molar-refractivity contribution is 0.924. The van der Waals surface area contributed by atoms with Crippen molar-refractivity contribution in [3.05, 3.63) is 58.0 Å². The van der Waals surface area contributed by atoms with Crippen LogP contribution in [0.1, 0.15) is 0 Å². The van der Waals surface area contributed by atoms with E-state index in [0.29, 0.717) is 21.7 Å². The summed E-state index contributed by atoms with van der Waals surface area (Å²) in [5.74, 6) is 6.46. The highest BCUT2D eigenvalue weighted by Gasteiger charge is 2.08. The summed E-state index contributed by atoms with van der Waals surface area (Å²) >= 11 is 5.76. The van der Waals surface area contributed by atoms with Gasteiger partial charge in [0.2, 0.25) is 5.95 Å². The van der Waals surface area contributed by atoms with E-state index in [-0.39, 0.29) is 11.5 Å². The molecule has 0 saturated carbocycles. The van der Waals surface area contributed by atoms with Crippen molar-refractivity contribution >= 4 is 34.3 Å². The Morgan fingerprint density at radius 2 is 2.00 bits per heavy atom. The zero-order valence-electron chi connectivity index (χ0n) is 10.2. The molecule has 3 aromatic rings. The van der Waals surface area contributed by atoms with Crippen LogP contribution >= 0.6 is 11.6 Å². The van der Waals surface area contributed by atoms with Gasteiger partial charge in [0.15, 0.2) is 0 Å². The predicted octanol–water partition coefficient (Wildman–Crippen LogP) is 1.90. The Hall–Kier alpha value is -2.60. The fraction of sp³-hybridized carbons (Fsp3) is 0. The second-order valence-corrected chi connectivity index (χ2v) is 4.55. The van der Waals surface area contributed by atoms with Crippen LogP contribution in [0.15, 0.2) is 47.4 Å². The van der Waals surface area contributed by atoms with Crippen LogP contribution in [0.3, 0.4) is 0 Å². The zero-order chi connectivity index (χ0) is 14.1. The number of anilines is 2. The first-order valence-corrected chi connectivity index (χ1v) is 6.18. The second kappa shape index (κ2) is 4.82. The quantitative estimate of drug-likeness (QED) is 0.703. The van der Waals surface area contributed by atoms with Crippen LogP contribution in [0.25, 0.3) is 10.9 Å². The molecular weight excluding hydrogens is 278 g/mol. The molecule has 0 aliphatic rings. The van der Waals surface area contributed by atoms with Gasteiger partial charge in [0.05, 0.1) is 15.9 Å². The number of nitrogen functional groups attached to an aromatic ring is 1. The smallest absolute Gasteiger partial charge is 0.281 e. The predicted molar refractivity (Wildman–Crippen MR) is 78.7 cm³/mol. The minimum Gasteiger partial charge on any atom is -0.333 e.